The molecule has 0 radical (unpaired) electrons. The van der Waals surface area contributed by atoms with Crippen LogP contribution in [0, 0.1) is 5.41 Å². The molecule has 0 N–H and O–H groups in total. The average molecular weight is 222 g/mol. The first-order valence-electron chi connectivity index (χ1n) is 5.31. The molecule has 1 rings (SSSR count). The Hall–Kier alpha value is -1.51. The summed E-state index contributed by atoms with van der Waals surface area (Å²) in [7, 11) is 0. The van der Waals surface area contributed by atoms with E-state index in [1.165, 1.54) is 0 Å². The lowest BCUT2D eigenvalue weighted by Crippen LogP contribution is -2.18. The van der Waals surface area contributed by atoms with E-state index < -0.39 is 6.16 Å². The molecule has 0 spiro atoms. The molecule has 0 amide bonds. The number of hydrogen-bond acceptors (Lipinski definition) is 3. The molecule has 0 fully saturated rings. The SMILES string of the molecule is CC(C)(C)COC(=O)OCc1ccccc1. The first-order valence-corrected chi connectivity index (χ1v) is 5.31. The summed E-state index contributed by atoms with van der Waals surface area (Å²) < 4.78 is 9.93. The lowest BCUT2D eigenvalue weighted by atomic mass is 9.99. The maximum atomic E-state index is 11.2. The molecule has 0 aliphatic rings. The van der Waals surface area contributed by atoms with Gasteiger partial charge in [0, 0.05) is 0 Å². The first kappa shape index (κ1) is 12.6. The third-order valence-electron chi connectivity index (χ3n) is 1.82. The van der Waals surface area contributed by atoms with Crippen LogP contribution in [-0.2, 0) is 16.1 Å². The predicted octanol–water partition coefficient (Wildman–Crippen LogP) is 3.39. The fourth-order valence-corrected chi connectivity index (χ4v) is 1.03. The molecule has 1 aromatic carbocycles. The molecule has 16 heavy (non-hydrogen) atoms. The Bertz CT molecular complexity index is 325. The van der Waals surface area contributed by atoms with Gasteiger partial charge in [-0.15, -0.1) is 0 Å². The molecule has 0 aliphatic carbocycles. The number of rotatable bonds is 3. The molecule has 3 nitrogen and oxygen atoms in total. The molecule has 0 aliphatic heterocycles. The van der Waals surface area contributed by atoms with E-state index in [1.54, 1.807) is 0 Å². The Balaban J connectivity index is 2.26. The monoisotopic (exact) mass is 222 g/mol. The van der Waals surface area contributed by atoms with E-state index in [-0.39, 0.29) is 12.0 Å². The lowest BCUT2D eigenvalue weighted by molar-refractivity contribution is 0.0287. The number of ether oxygens (including phenoxy) is 2. The van der Waals surface area contributed by atoms with E-state index in [9.17, 15) is 4.79 Å². The quantitative estimate of drug-likeness (QED) is 0.735. The summed E-state index contributed by atoms with van der Waals surface area (Å²) in [6.07, 6.45) is -0.612. The van der Waals surface area contributed by atoms with E-state index in [1.807, 2.05) is 51.1 Å². The van der Waals surface area contributed by atoms with Crippen molar-refractivity contribution in [3.63, 3.8) is 0 Å². The number of hydrogen-bond donors (Lipinski definition) is 0. The molecule has 0 saturated carbocycles. The Morgan fingerprint density at radius 2 is 1.75 bits per heavy atom. The minimum atomic E-state index is -0.612. The van der Waals surface area contributed by atoms with Crippen LogP contribution in [0.25, 0.3) is 0 Å². The minimum Gasteiger partial charge on any atom is -0.434 e. The van der Waals surface area contributed by atoms with Crippen LogP contribution in [0.15, 0.2) is 30.3 Å². The van der Waals surface area contributed by atoms with Crippen molar-refractivity contribution in [1.82, 2.24) is 0 Å². The van der Waals surface area contributed by atoms with E-state index in [0.717, 1.165) is 5.56 Å². The molecule has 0 atom stereocenters. The van der Waals surface area contributed by atoms with Gasteiger partial charge in [-0.05, 0) is 11.0 Å². The molecule has 0 saturated heterocycles. The van der Waals surface area contributed by atoms with Crippen LogP contribution in [0.1, 0.15) is 26.3 Å². The van der Waals surface area contributed by atoms with Crippen molar-refractivity contribution in [3.8, 4) is 0 Å². The molecule has 88 valence electrons. The molecule has 0 bridgehead atoms. The molecule has 0 heterocycles. The van der Waals surface area contributed by atoms with Gasteiger partial charge in [0.05, 0.1) is 6.61 Å². The van der Waals surface area contributed by atoms with Gasteiger partial charge < -0.3 is 9.47 Å². The van der Waals surface area contributed by atoms with Crippen LogP contribution in [0.3, 0.4) is 0 Å². The van der Waals surface area contributed by atoms with Gasteiger partial charge in [-0.3, -0.25) is 0 Å². The molecule has 1 aromatic rings. The zero-order valence-electron chi connectivity index (χ0n) is 10.0. The maximum absolute atomic E-state index is 11.2. The third kappa shape index (κ3) is 5.39. The number of benzene rings is 1. The van der Waals surface area contributed by atoms with E-state index in [2.05, 4.69) is 0 Å². The van der Waals surface area contributed by atoms with Crippen LogP contribution in [0.5, 0.6) is 0 Å². The smallest absolute Gasteiger partial charge is 0.434 e. The molecular weight excluding hydrogens is 204 g/mol. The summed E-state index contributed by atoms with van der Waals surface area (Å²) >= 11 is 0. The summed E-state index contributed by atoms with van der Waals surface area (Å²) in [6, 6.07) is 9.52. The Kier molecular flexibility index (Phi) is 4.35. The second kappa shape index (κ2) is 5.54. The van der Waals surface area contributed by atoms with E-state index in [4.69, 9.17) is 9.47 Å². The highest BCUT2D eigenvalue weighted by Gasteiger charge is 2.14. The second-order valence-corrected chi connectivity index (χ2v) is 4.87. The summed E-state index contributed by atoms with van der Waals surface area (Å²) in [5, 5.41) is 0. The highest BCUT2D eigenvalue weighted by molar-refractivity contribution is 5.59. The number of carbonyl (C=O) groups is 1. The van der Waals surface area contributed by atoms with Gasteiger partial charge in [-0.25, -0.2) is 4.79 Å². The molecule has 0 aromatic heterocycles. The van der Waals surface area contributed by atoms with E-state index >= 15 is 0 Å². The fraction of sp³-hybridized carbons (Fsp3) is 0.462. The predicted molar refractivity (Wildman–Crippen MR) is 62.0 cm³/mol. The summed E-state index contributed by atoms with van der Waals surface area (Å²) in [6.45, 7) is 6.61. The van der Waals surface area contributed by atoms with Crippen molar-refractivity contribution in [2.45, 2.75) is 27.4 Å². The highest BCUT2D eigenvalue weighted by atomic mass is 16.7. The largest absolute Gasteiger partial charge is 0.508 e. The zero-order valence-corrected chi connectivity index (χ0v) is 10.0. The van der Waals surface area contributed by atoms with Crippen molar-refractivity contribution in [2.24, 2.45) is 5.41 Å². The Morgan fingerprint density at radius 1 is 1.12 bits per heavy atom. The van der Waals surface area contributed by atoms with Crippen LogP contribution < -0.4 is 0 Å². The van der Waals surface area contributed by atoms with Gasteiger partial charge in [0.25, 0.3) is 0 Å². The van der Waals surface area contributed by atoms with Crippen molar-refractivity contribution >= 4 is 6.16 Å². The van der Waals surface area contributed by atoms with Gasteiger partial charge in [0.1, 0.15) is 6.61 Å². The summed E-state index contributed by atoms with van der Waals surface area (Å²) in [5.74, 6) is 0. The molecule has 3 heteroatoms. The second-order valence-electron chi connectivity index (χ2n) is 4.87. The van der Waals surface area contributed by atoms with Crippen molar-refractivity contribution in [2.75, 3.05) is 6.61 Å². The van der Waals surface area contributed by atoms with Crippen molar-refractivity contribution < 1.29 is 14.3 Å². The average Bonchev–Trinajstić information content (AvgIpc) is 2.24. The lowest BCUT2D eigenvalue weighted by Gasteiger charge is -2.17. The van der Waals surface area contributed by atoms with Gasteiger partial charge >= 0.3 is 6.16 Å². The highest BCUT2D eigenvalue weighted by Crippen LogP contribution is 2.13. The first-order chi connectivity index (χ1) is 7.47. The zero-order chi connectivity index (χ0) is 12.0. The van der Waals surface area contributed by atoms with Crippen LogP contribution >= 0.6 is 0 Å². The van der Waals surface area contributed by atoms with Crippen LogP contribution in [0.4, 0.5) is 4.79 Å². The van der Waals surface area contributed by atoms with Crippen LogP contribution in [0.2, 0.25) is 0 Å². The topological polar surface area (TPSA) is 35.5 Å². The molecule has 0 unspecified atom stereocenters. The minimum absolute atomic E-state index is 0.0359. The van der Waals surface area contributed by atoms with Crippen molar-refractivity contribution in [3.05, 3.63) is 35.9 Å². The Labute approximate surface area is 96.4 Å². The number of carbonyl (C=O) groups excluding carboxylic acids is 1. The van der Waals surface area contributed by atoms with Gasteiger partial charge in [0.2, 0.25) is 0 Å². The normalized spacial score (nSPS) is 10.9. The maximum Gasteiger partial charge on any atom is 0.508 e. The summed E-state index contributed by atoms with van der Waals surface area (Å²) in [4.78, 5) is 11.2. The molecular formula is C13H18O3. The van der Waals surface area contributed by atoms with E-state index in [0.29, 0.717) is 6.61 Å². The van der Waals surface area contributed by atoms with Crippen LogP contribution in [-0.4, -0.2) is 12.8 Å². The van der Waals surface area contributed by atoms with Gasteiger partial charge in [-0.1, -0.05) is 51.1 Å². The standard InChI is InChI=1S/C13H18O3/c1-13(2,3)10-16-12(14)15-9-11-7-5-4-6-8-11/h4-8H,9-10H2,1-3H3. The van der Waals surface area contributed by atoms with Gasteiger partial charge in [0.15, 0.2) is 0 Å². The Morgan fingerprint density at radius 3 is 2.31 bits per heavy atom. The van der Waals surface area contributed by atoms with Gasteiger partial charge in [-0.2, -0.15) is 0 Å². The fourth-order valence-electron chi connectivity index (χ4n) is 1.03. The third-order valence-corrected chi connectivity index (χ3v) is 1.82. The van der Waals surface area contributed by atoms with Crippen molar-refractivity contribution in [1.29, 1.82) is 0 Å². The summed E-state index contributed by atoms with van der Waals surface area (Å²) in [5.41, 5.74) is 0.918.